The molecular formula is C12H12N4O4S. The van der Waals surface area contributed by atoms with Crippen molar-refractivity contribution >= 4 is 34.7 Å². The number of aliphatic carboxylic acids is 1. The number of rotatable bonds is 3. The molecule has 0 radical (unpaired) electrons. The highest BCUT2D eigenvalue weighted by Crippen LogP contribution is 2.25. The number of carbonyl (C=O) groups is 3. The monoisotopic (exact) mass is 308 g/mol. The topological polar surface area (TPSA) is 112 Å². The lowest BCUT2D eigenvalue weighted by Gasteiger charge is -2.26. The van der Waals surface area contributed by atoms with Gasteiger partial charge in [0.15, 0.2) is 5.17 Å². The molecule has 1 aromatic rings. The first-order valence-corrected chi connectivity index (χ1v) is 6.81. The van der Waals surface area contributed by atoms with Crippen LogP contribution >= 0.6 is 11.8 Å². The Morgan fingerprint density at radius 2 is 2.14 bits per heavy atom. The van der Waals surface area contributed by atoms with Crippen molar-refractivity contribution in [1.29, 1.82) is 0 Å². The van der Waals surface area contributed by atoms with Crippen LogP contribution in [0.25, 0.3) is 0 Å². The first-order chi connectivity index (χ1) is 9.99. The van der Waals surface area contributed by atoms with E-state index < -0.39 is 17.1 Å². The summed E-state index contributed by atoms with van der Waals surface area (Å²) in [5.74, 6) is -1.92. The number of amidine groups is 1. The molecule has 110 valence electrons. The van der Waals surface area contributed by atoms with Crippen molar-refractivity contribution in [3.05, 3.63) is 30.1 Å². The van der Waals surface area contributed by atoms with Crippen LogP contribution in [0.4, 0.5) is 0 Å². The summed E-state index contributed by atoms with van der Waals surface area (Å²) < 4.78 is 0. The zero-order valence-electron chi connectivity index (χ0n) is 11.0. The third kappa shape index (κ3) is 3.57. The van der Waals surface area contributed by atoms with Crippen molar-refractivity contribution < 1.29 is 19.5 Å². The third-order valence-corrected chi connectivity index (χ3v) is 3.97. The van der Waals surface area contributed by atoms with Gasteiger partial charge in [-0.15, -0.1) is 5.10 Å². The Bertz CT molecular complexity index is 605. The van der Waals surface area contributed by atoms with Crippen LogP contribution in [0.5, 0.6) is 0 Å². The summed E-state index contributed by atoms with van der Waals surface area (Å²) in [4.78, 5) is 39.5. The Morgan fingerprint density at radius 1 is 1.48 bits per heavy atom. The largest absolute Gasteiger partial charge is 0.480 e. The van der Waals surface area contributed by atoms with Crippen LogP contribution in [0.2, 0.25) is 0 Å². The number of aromatic nitrogens is 1. The highest BCUT2D eigenvalue weighted by Gasteiger charge is 2.34. The Hall–Kier alpha value is -2.42. The van der Waals surface area contributed by atoms with Crippen LogP contribution in [0.1, 0.15) is 16.8 Å². The summed E-state index contributed by atoms with van der Waals surface area (Å²) in [7, 11) is 1.48. The van der Waals surface area contributed by atoms with Crippen LogP contribution in [0.15, 0.2) is 29.6 Å². The van der Waals surface area contributed by atoms with E-state index in [2.05, 4.69) is 15.5 Å². The van der Waals surface area contributed by atoms with E-state index in [4.69, 9.17) is 5.11 Å². The molecule has 2 heterocycles. The summed E-state index contributed by atoms with van der Waals surface area (Å²) in [5.41, 5.74) is 2.65. The maximum absolute atomic E-state index is 11.8. The van der Waals surface area contributed by atoms with E-state index in [1.807, 2.05) is 0 Å². The van der Waals surface area contributed by atoms with Crippen molar-refractivity contribution in [2.24, 2.45) is 5.10 Å². The van der Waals surface area contributed by atoms with Crippen molar-refractivity contribution in [2.75, 3.05) is 7.05 Å². The van der Waals surface area contributed by atoms with Crippen molar-refractivity contribution in [1.82, 2.24) is 15.3 Å². The second kappa shape index (κ2) is 6.35. The maximum Gasteiger partial charge on any atom is 0.317 e. The molecule has 2 amide bonds. The number of hydrogen-bond acceptors (Lipinski definition) is 6. The van der Waals surface area contributed by atoms with E-state index >= 15 is 0 Å². The normalized spacial score (nSPS) is 20.4. The number of hydrazone groups is 1. The molecule has 0 spiro atoms. The smallest absolute Gasteiger partial charge is 0.317 e. The Morgan fingerprint density at radius 3 is 2.76 bits per heavy atom. The first-order valence-electron chi connectivity index (χ1n) is 5.93. The van der Waals surface area contributed by atoms with Gasteiger partial charge in [0, 0.05) is 25.0 Å². The summed E-state index contributed by atoms with van der Waals surface area (Å²) in [6, 6.07) is 3.02. The lowest BCUT2D eigenvalue weighted by Crippen LogP contribution is -2.42. The van der Waals surface area contributed by atoms with E-state index in [1.54, 1.807) is 0 Å². The molecule has 0 aliphatic carbocycles. The number of hydrogen-bond donors (Lipinski definition) is 2. The second-order valence-electron chi connectivity index (χ2n) is 4.17. The number of carboxylic acids is 1. The highest BCUT2D eigenvalue weighted by atomic mass is 32.2. The lowest BCUT2D eigenvalue weighted by molar-refractivity contribution is -0.139. The van der Waals surface area contributed by atoms with Gasteiger partial charge < -0.3 is 5.11 Å². The molecule has 1 unspecified atom stereocenters. The van der Waals surface area contributed by atoms with Gasteiger partial charge in [-0.2, -0.15) is 0 Å². The molecule has 0 bridgehead atoms. The van der Waals surface area contributed by atoms with Gasteiger partial charge in [-0.3, -0.25) is 24.3 Å². The van der Waals surface area contributed by atoms with Gasteiger partial charge in [0.25, 0.3) is 5.91 Å². The van der Waals surface area contributed by atoms with Gasteiger partial charge in [0.2, 0.25) is 5.91 Å². The summed E-state index contributed by atoms with van der Waals surface area (Å²) in [6.45, 7) is 0. The number of nitrogens with one attached hydrogen (secondary N) is 1. The fourth-order valence-corrected chi connectivity index (χ4v) is 2.50. The van der Waals surface area contributed by atoms with Gasteiger partial charge >= 0.3 is 5.97 Å². The summed E-state index contributed by atoms with van der Waals surface area (Å²) in [6.07, 6.45) is 2.83. The van der Waals surface area contributed by atoms with E-state index in [-0.39, 0.29) is 17.5 Å². The van der Waals surface area contributed by atoms with Gasteiger partial charge in [-0.25, -0.2) is 5.43 Å². The van der Waals surface area contributed by atoms with Crippen LogP contribution in [0.3, 0.4) is 0 Å². The first kappa shape index (κ1) is 15.0. The van der Waals surface area contributed by atoms with Crippen molar-refractivity contribution in [3.8, 4) is 0 Å². The zero-order valence-corrected chi connectivity index (χ0v) is 11.8. The summed E-state index contributed by atoms with van der Waals surface area (Å²) >= 11 is 0.917. The van der Waals surface area contributed by atoms with Gasteiger partial charge in [0.1, 0.15) is 5.25 Å². The van der Waals surface area contributed by atoms with E-state index in [0.717, 1.165) is 11.8 Å². The summed E-state index contributed by atoms with van der Waals surface area (Å²) in [5, 5.41) is 12.0. The van der Waals surface area contributed by atoms with Crippen LogP contribution in [-0.4, -0.2) is 50.2 Å². The van der Waals surface area contributed by atoms with Crippen molar-refractivity contribution in [2.45, 2.75) is 11.7 Å². The molecule has 1 saturated heterocycles. The molecule has 1 aromatic heterocycles. The molecule has 21 heavy (non-hydrogen) atoms. The molecule has 1 atom stereocenters. The lowest BCUT2D eigenvalue weighted by atomic mass is 10.2. The van der Waals surface area contributed by atoms with E-state index in [0.29, 0.717) is 5.56 Å². The van der Waals surface area contributed by atoms with Crippen LogP contribution in [0, 0.1) is 0 Å². The second-order valence-corrected chi connectivity index (χ2v) is 5.34. The number of thioether (sulfide) groups is 1. The Balaban J connectivity index is 2.10. The zero-order chi connectivity index (χ0) is 15.4. The predicted octanol–water partition coefficient (Wildman–Crippen LogP) is 0.131. The Kier molecular flexibility index (Phi) is 4.53. The van der Waals surface area contributed by atoms with Gasteiger partial charge in [0.05, 0.1) is 6.42 Å². The maximum atomic E-state index is 11.8. The van der Waals surface area contributed by atoms with Crippen LogP contribution in [-0.2, 0) is 9.59 Å². The Labute approximate surface area is 124 Å². The minimum Gasteiger partial charge on any atom is -0.480 e. The van der Waals surface area contributed by atoms with Gasteiger partial charge in [-0.05, 0) is 12.1 Å². The number of amides is 2. The minimum atomic E-state index is -1.09. The average molecular weight is 308 g/mol. The quantitative estimate of drug-likeness (QED) is 0.768. The van der Waals surface area contributed by atoms with E-state index in [1.165, 1.54) is 36.5 Å². The molecule has 1 fully saturated rings. The van der Waals surface area contributed by atoms with E-state index in [9.17, 15) is 14.4 Å². The highest BCUT2D eigenvalue weighted by molar-refractivity contribution is 8.15. The number of carbonyl (C=O) groups excluding carboxylic acids is 2. The van der Waals surface area contributed by atoms with Crippen molar-refractivity contribution in [3.63, 3.8) is 0 Å². The SMILES string of the molecule is CN1C(=O)CC(C(=O)O)SC1=NNC(=O)c1ccncc1. The average Bonchev–Trinajstić information content (AvgIpc) is 2.49. The number of pyridine rings is 1. The predicted molar refractivity (Wildman–Crippen MR) is 75.5 cm³/mol. The standard InChI is InChI=1S/C12H12N4O4S/c1-16-9(17)6-8(11(19)20)21-12(16)15-14-10(18)7-2-4-13-5-3-7/h2-5,8H,6H2,1H3,(H,14,18)(H,19,20). The molecular weight excluding hydrogens is 296 g/mol. The molecule has 9 heteroatoms. The number of carboxylic acid groups (broad SMARTS) is 1. The molecule has 1 aliphatic rings. The number of nitrogens with zero attached hydrogens (tertiary/aromatic N) is 3. The molecule has 0 saturated carbocycles. The fourth-order valence-electron chi connectivity index (χ4n) is 1.56. The minimum absolute atomic E-state index is 0.103. The molecule has 2 rings (SSSR count). The molecule has 8 nitrogen and oxygen atoms in total. The fraction of sp³-hybridized carbons (Fsp3) is 0.250. The van der Waals surface area contributed by atoms with Crippen LogP contribution < -0.4 is 5.43 Å². The molecule has 2 N–H and O–H groups in total. The third-order valence-electron chi connectivity index (χ3n) is 2.74. The molecule has 0 aromatic carbocycles. The van der Waals surface area contributed by atoms with Gasteiger partial charge in [-0.1, -0.05) is 11.8 Å². The molecule has 1 aliphatic heterocycles.